The van der Waals surface area contributed by atoms with Crippen molar-refractivity contribution in [3.8, 4) is 0 Å². The maximum Gasteiger partial charge on any atom is 0.289 e. The molecule has 1 N–H and O–H groups in total. The van der Waals surface area contributed by atoms with Crippen molar-refractivity contribution >= 4 is 5.91 Å². The van der Waals surface area contributed by atoms with Gasteiger partial charge in [0.2, 0.25) is 5.76 Å². The third-order valence-corrected chi connectivity index (χ3v) is 6.07. The molecule has 2 aromatic rings. The lowest BCUT2D eigenvalue weighted by molar-refractivity contribution is 0.0886. The number of fused-ring (bicyclic) bond motifs is 3. The number of nitrogens with one attached hydrogen (secondary N) is 1. The van der Waals surface area contributed by atoms with Crippen LogP contribution in [0.1, 0.15) is 59.0 Å². The molecule has 1 aromatic heterocycles. The fraction of sp³-hybridized carbons (Fsp3) is 0.500. The van der Waals surface area contributed by atoms with E-state index < -0.39 is 0 Å². The van der Waals surface area contributed by atoms with Crippen LogP contribution in [0.15, 0.2) is 35.1 Å². The summed E-state index contributed by atoms with van der Waals surface area (Å²) in [7, 11) is 0. The number of carbonyl (C=O) groups excluding carboxylic acids is 1. The second kappa shape index (κ2) is 5.47. The molecule has 4 nitrogen and oxygen atoms in total. The molecule has 1 aromatic carbocycles. The summed E-state index contributed by atoms with van der Waals surface area (Å²) in [6.07, 6.45) is 8.21. The Kier molecular flexibility index (Phi) is 3.25. The van der Waals surface area contributed by atoms with Crippen LogP contribution >= 0.6 is 0 Å². The summed E-state index contributed by atoms with van der Waals surface area (Å²) in [5, 5.41) is 3.31. The van der Waals surface area contributed by atoms with Crippen molar-refractivity contribution in [2.45, 2.75) is 50.5 Å². The molecule has 1 heterocycles. The van der Waals surface area contributed by atoms with Gasteiger partial charge in [-0.15, -0.1) is 0 Å². The lowest BCUT2D eigenvalue weighted by Gasteiger charge is -2.23. The predicted molar refractivity (Wildman–Crippen MR) is 89.8 cm³/mol. The Bertz CT molecular complexity index is 744. The molecule has 5 rings (SSSR count). The summed E-state index contributed by atoms with van der Waals surface area (Å²) in [5.74, 6) is 1.88. The van der Waals surface area contributed by atoms with E-state index in [0.717, 1.165) is 31.4 Å². The minimum atomic E-state index is -0.0674. The fourth-order valence-corrected chi connectivity index (χ4v) is 4.68. The molecule has 0 spiro atoms. The number of rotatable bonds is 3. The molecule has 2 saturated carbocycles. The minimum Gasteiger partial charge on any atom is -0.438 e. The van der Waals surface area contributed by atoms with Crippen LogP contribution in [0.4, 0.5) is 0 Å². The van der Waals surface area contributed by atoms with E-state index in [1.54, 1.807) is 0 Å². The average molecular weight is 322 g/mol. The van der Waals surface area contributed by atoms with E-state index in [2.05, 4.69) is 34.6 Å². The predicted octanol–water partition coefficient (Wildman–Crippen LogP) is 3.48. The second-order valence-electron chi connectivity index (χ2n) is 7.61. The normalized spacial score (nSPS) is 28.2. The van der Waals surface area contributed by atoms with Gasteiger partial charge in [0.25, 0.3) is 5.91 Å². The number of nitrogens with zero attached hydrogens (tertiary/aromatic N) is 1. The Morgan fingerprint density at radius 1 is 1.04 bits per heavy atom. The summed E-state index contributed by atoms with van der Waals surface area (Å²) in [6.45, 7) is 0. The third kappa shape index (κ3) is 2.36. The molecule has 3 aliphatic rings. The van der Waals surface area contributed by atoms with Crippen LogP contribution in [-0.4, -0.2) is 16.9 Å². The minimum absolute atomic E-state index is 0.0674. The van der Waals surface area contributed by atoms with Gasteiger partial charge in [-0.1, -0.05) is 24.3 Å². The number of hydrogen-bond acceptors (Lipinski definition) is 3. The zero-order valence-corrected chi connectivity index (χ0v) is 13.7. The number of aromatic nitrogens is 1. The Labute approximate surface area is 141 Å². The molecule has 24 heavy (non-hydrogen) atoms. The second-order valence-corrected chi connectivity index (χ2v) is 7.61. The number of amides is 1. The molecule has 3 aliphatic carbocycles. The Balaban J connectivity index is 1.38. The summed E-state index contributed by atoms with van der Waals surface area (Å²) in [6, 6.07) is 9.00. The van der Waals surface area contributed by atoms with Gasteiger partial charge in [0.15, 0.2) is 6.39 Å². The quantitative estimate of drug-likeness (QED) is 0.941. The average Bonchev–Trinajstić information content (AvgIpc) is 3.22. The summed E-state index contributed by atoms with van der Waals surface area (Å²) in [4.78, 5) is 17.1. The lowest BCUT2D eigenvalue weighted by atomic mass is 9.94. The fourth-order valence-electron chi connectivity index (χ4n) is 4.68. The number of hydrogen-bond donors (Lipinski definition) is 1. The standard InChI is InChI=1S/C20H22N2O2/c23-20(19-18(12-5-6-12)21-11-24-19)22-17-15-7-8-16(17)10-14-4-2-1-3-13(14)9-15/h1-4,11-12,15-17H,5-10H2,(H,22,23). The number of benzene rings is 1. The first kappa shape index (κ1) is 14.3. The largest absolute Gasteiger partial charge is 0.438 e. The Hall–Kier alpha value is -2.10. The summed E-state index contributed by atoms with van der Waals surface area (Å²) >= 11 is 0. The van der Waals surface area contributed by atoms with E-state index in [1.165, 1.54) is 30.4 Å². The van der Waals surface area contributed by atoms with Crippen LogP contribution in [0.25, 0.3) is 0 Å². The highest BCUT2D eigenvalue weighted by Crippen LogP contribution is 2.42. The van der Waals surface area contributed by atoms with Crippen LogP contribution < -0.4 is 5.32 Å². The zero-order valence-electron chi connectivity index (χ0n) is 13.7. The zero-order chi connectivity index (χ0) is 16.1. The topological polar surface area (TPSA) is 55.1 Å². The Morgan fingerprint density at radius 2 is 1.71 bits per heavy atom. The Morgan fingerprint density at radius 3 is 2.33 bits per heavy atom. The molecule has 0 aliphatic heterocycles. The van der Waals surface area contributed by atoms with Crippen LogP contribution in [0.5, 0.6) is 0 Å². The molecular formula is C20H22N2O2. The highest BCUT2D eigenvalue weighted by molar-refractivity contribution is 5.93. The molecule has 2 atom stereocenters. The van der Waals surface area contributed by atoms with Gasteiger partial charge in [0.05, 0.1) is 5.69 Å². The van der Waals surface area contributed by atoms with Gasteiger partial charge in [0, 0.05) is 12.0 Å². The smallest absolute Gasteiger partial charge is 0.289 e. The van der Waals surface area contributed by atoms with Gasteiger partial charge >= 0.3 is 0 Å². The van der Waals surface area contributed by atoms with Gasteiger partial charge in [-0.2, -0.15) is 0 Å². The highest BCUT2D eigenvalue weighted by Gasteiger charge is 2.41. The molecule has 1 amide bonds. The monoisotopic (exact) mass is 322 g/mol. The molecule has 124 valence electrons. The van der Waals surface area contributed by atoms with Gasteiger partial charge in [-0.3, -0.25) is 4.79 Å². The van der Waals surface area contributed by atoms with Gasteiger partial charge in [-0.05, 0) is 61.5 Å². The molecule has 4 heteroatoms. The summed E-state index contributed by atoms with van der Waals surface area (Å²) < 4.78 is 5.43. The SMILES string of the molecule is O=C(NC1C2CCC1Cc1ccccc1C2)c1ocnc1C1CC1. The molecule has 2 fully saturated rings. The number of oxazole rings is 1. The van der Waals surface area contributed by atoms with Crippen molar-refractivity contribution < 1.29 is 9.21 Å². The highest BCUT2D eigenvalue weighted by atomic mass is 16.3. The first-order chi connectivity index (χ1) is 11.8. The molecule has 2 bridgehead atoms. The van der Waals surface area contributed by atoms with Gasteiger partial charge in [0.1, 0.15) is 0 Å². The van der Waals surface area contributed by atoms with E-state index in [-0.39, 0.29) is 11.9 Å². The van der Waals surface area contributed by atoms with Crippen molar-refractivity contribution in [2.75, 3.05) is 0 Å². The van der Waals surface area contributed by atoms with Crippen molar-refractivity contribution in [1.29, 1.82) is 0 Å². The van der Waals surface area contributed by atoms with E-state index in [0.29, 0.717) is 23.5 Å². The maximum absolute atomic E-state index is 12.8. The first-order valence-electron chi connectivity index (χ1n) is 9.10. The van der Waals surface area contributed by atoms with Crippen LogP contribution in [0.2, 0.25) is 0 Å². The van der Waals surface area contributed by atoms with Crippen LogP contribution in [0, 0.1) is 11.8 Å². The number of carbonyl (C=O) groups is 1. The van der Waals surface area contributed by atoms with E-state index in [1.807, 2.05) is 0 Å². The van der Waals surface area contributed by atoms with Gasteiger partial charge < -0.3 is 9.73 Å². The first-order valence-corrected chi connectivity index (χ1v) is 9.10. The molecule has 0 saturated heterocycles. The lowest BCUT2D eigenvalue weighted by Crippen LogP contribution is -2.42. The van der Waals surface area contributed by atoms with Crippen molar-refractivity contribution in [3.63, 3.8) is 0 Å². The third-order valence-electron chi connectivity index (χ3n) is 6.07. The maximum atomic E-state index is 12.8. The van der Waals surface area contributed by atoms with Crippen molar-refractivity contribution in [1.82, 2.24) is 10.3 Å². The summed E-state index contributed by atoms with van der Waals surface area (Å²) in [5.41, 5.74) is 3.78. The molecule has 0 radical (unpaired) electrons. The van der Waals surface area contributed by atoms with Crippen LogP contribution in [0.3, 0.4) is 0 Å². The molecule has 2 unspecified atom stereocenters. The van der Waals surface area contributed by atoms with E-state index in [4.69, 9.17) is 4.42 Å². The van der Waals surface area contributed by atoms with E-state index in [9.17, 15) is 4.79 Å². The van der Waals surface area contributed by atoms with Crippen molar-refractivity contribution in [3.05, 3.63) is 53.2 Å². The van der Waals surface area contributed by atoms with Gasteiger partial charge in [-0.25, -0.2) is 4.98 Å². The van der Waals surface area contributed by atoms with Crippen molar-refractivity contribution in [2.24, 2.45) is 11.8 Å². The molecular weight excluding hydrogens is 300 g/mol. The van der Waals surface area contributed by atoms with E-state index >= 15 is 0 Å². The van der Waals surface area contributed by atoms with Crippen LogP contribution in [-0.2, 0) is 12.8 Å².